The summed E-state index contributed by atoms with van der Waals surface area (Å²) in [4.78, 5) is 12.2. The molecule has 0 saturated carbocycles. The van der Waals surface area contributed by atoms with Crippen LogP contribution in [0.15, 0.2) is 39.3 Å². The number of nitrogens with one attached hydrogen (secondary N) is 1. The van der Waals surface area contributed by atoms with Gasteiger partial charge in [-0.25, -0.2) is 0 Å². The maximum absolute atomic E-state index is 12.2. The summed E-state index contributed by atoms with van der Waals surface area (Å²) in [6, 6.07) is 7.54. The van der Waals surface area contributed by atoms with E-state index in [1.807, 2.05) is 0 Å². The molecule has 0 saturated heterocycles. The van der Waals surface area contributed by atoms with Gasteiger partial charge in [-0.2, -0.15) is 0 Å². The minimum absolute atomic E-state index is 0.0243. The van der Waals surface area contributed by atoms with Gasteiger partial charge >= 0.3 is 0 Å². The van der Waals surface area contributed by atoms with Crippen molar-refractivity contribution in [3.63, 3.8) is 0 Å². The summed E-state index contributed by atoms with van der Waals surface area (Å²) in [5.74, 6) is -0.813. The van der Waals surface area contributed by atoms with Crippen LogP contribution in [0.4, 0.5) is 5.69 Å². The summed E-state index contributed by atoms with van der Waals surface area (Å²) in [6.45, 7) is 0. The topological polar surface area (TPSA) is 78.8 Å². The Labute approximate surface area is 137 Å². The van der Waals surface area contributed by atoms with Crippen molar-refractivity contribution < 1.29 is 19.7 Å². The van der Waals surface area contributed by atoms with Crippen LogP contribution in [0.5, 0.6) is 17.2 Å². The summed E-state index contributed by atoms with van der Waals surface area (Å²) in [7, 11) is 1.51. The number of para-hydroxylation sites is 1. The maximum Gasteiger partial charge on any atom is 0.259 e. The minimum atomic E-state index is -0.548. The summed E-state index contributed by atoms with van der Waals surface area (Å²) in [5, 5.41) is 21.8. The first-order valence-electron chi connectivity index (χ1n) is 5.79. The van der Waals surface area contributed by atoms with Gasteiger partial charge in [0.05, 0.1) is 22.8 Å². The molecule has 0 bridgehead atoms. The molecule has 0 aromatic heterocycles. The number of carbonyl (C=O) groups excluding carboxylic acids is 1. The van der Waals surface area contributed by atoms with Crippen molar-refractivity contribution in [2.75, 3.05) is 12.4 Å². The van der Waals surface area contributed by atoms with Crippen LogP contribution >= 0.6 is 31.9 Å². The van der Waals surface area contributed by atoms with E-state index in [0.717, 1.165) is 4.47 Å². The second-order valence-electron chi connectivity index (χ2n) is 4.09. The highest BCUT2D eigenvalue weighted by atomic mass is 79.9. The molecule has 0 spiro atoms. The van der Waals surface area contributed by atoms with Gasteiger partial charge in [-0.3, -0.25) is 4.79 Å². The van der Waals surface area contributed by atoms with Gasteiger partial charge in [0.25, 0.3) is 5.91 Å². The molecule has 7 heteroatoms. The summed E-state index contributed by atoms with van der Waals surface area (Å²) in [6.07, 6.45) is 0. The summed E-state index contributed by atoms with van der Waals surface area (Å²) in [5.41, 5.74) is 0.451. The molecule has 1 amide bonds. The predicted molar refractivity (Wildman–Crippen MR) is 86.1 cm³/mol. The lowest BCUT2D eigenvalue weighted by atomic mass is 10.1. The zero-order valence-corrected chi connectivity index (χ0v) is 14.0. The van der Waals surface area contributed by atoms with E-state index in [0.29, 0.717) is 15.9 Å². The Morgan fingerprint density at radius 2 is 1.90 bits per heavy atom. The molecule has 0 unspecified atom stereocenters. The van der Waals surface area contributed by atoms with Crippen molar-refractivity contribution in [3.8, 4) is 17.2 Å². The lowest BCUT2D eigenvalue weighted by Gasteiger charge is -2.12. The first-order valence-corrected chi connectivity index (χ1v) is 7.38. The van der Waals surface area contributed by atoms with E-state index >= 15 is 0 Å². The normalized spacial score (nSPS) is 10.2. The van der Waals surface area contributed by atoms with E-state index in [1.165, 1.54) is 25.3 Å². The molecule has 0 aliphatic heterocycles. The summed E-state index contributed by atoms with van der Waals surface area (Å²) < 4.78 is 6.54. The fraction of sp³-hybridized carbons (Fsp3) is 0.0714. The van der Waals surface area contributed by atoms with Crippen LogP contribution in [0.25, 0.3) is 0 Å². The van der Waals surface area contributed by atoms with Gasteiger partial charge in [-0.05, 0) is 50.1 Å². The monoisotopic (exact) mass is 415 g/mol. The van der Waals surface area contributed by atoms with Crippen LogP contribution in [0.2, 0.25) is 0 Å². The standard InChI is InChI=1S/C14H11Br2NO4/c1-21-12-6-10(8(15)5-9(12)16)17-14(20)7-3-2-4-11(18)13(7)19/h2-6,18-19H,1H3,(H,17,20). The van der Waals surface area contributed by atoms with E-state index in [4.69, 9.17) is 4.74 Å². The van der Waals surface area contributed by atoms with Gasteiger partial charge in [0, 0.05) is 10.5 Å². The number of amides is 1. The average Bonchev–Trinajstić information content (AvgIpc) is 2.44. The molecule has 0 radical (unpaired) electrons. The Morgan fingerprint density at radius 1 is 1.19 bits per heavy atom. The van der Waals surface area contributed by atoms with Crippen LogP contribution in [0.1, 0.15) is 10.4 Å². The molecule has 0 fully saturated rings. The molecule has 0 atom stereocenters. The third-order valence-corrected chi connectivity index (χ3v) is 4.02. The Morgan fingerprint density at radius 3 is 2.57 bits per heavy atom. The van der Waals surface area contributed by atoms with Crippen LogP contribution in [0.3, 0.4) is 0 Å². The van der Waals surface area contributed by atoms with Gasteiger partial charge in [0.15, 0.2) is 11.5 Å². The molecule has 5 nitrogen and oxygen atoms in total. The number of rotatable bonds is 3. The SMILES string of the molecule is COc1cc(NC(=O)c2cccc(O)c2O)c(Br)cc1Br. The third kappa shape index (κ3) is 3.30. The zero-order chi connectivity index (χ0) is 15.6. The number of aromatic hydroxyl groups is 2. The first-order chi connectivity index (χ1) is 9.93. The van der Waals surface area contributed by atoms with Gasteiger partial charge in [0.2, 0.25) is 0 Å². The Balaban J connectivity index is 2.34. The van der Waals surface area contributed by atoms with Crippen molar-refractivity contribution in [1.82, 2.24) is 0 Å². The second kappa shape index (κ2) is 6.36. The van der Waals surface area contributed by atoms with Crippen LogP contribution in [-0.2, 0) is 0 Å². The lowest BCUT2D eigenvalue weighted by molar-refractivity contribution is 0.102. The van der Waals surface area contributed by atoms with Crippen LogP contribution < -0.4 is 10.1 Å². The quantitative estimate of drug-likeness (QED) is 0.663. The van der Waals surface area contributed by atoms with Gasteiger partial charge in [-0.1, -0.05) is 6.07 Å². The molecule has 3 N–H and O–H groups in total. The molecule has 0 aliphatic carbocycles. The highest BCUT2D eigenvalue weighted by molar-refractivity contribution is 9.11. The number of ether oxygens (including phenoxy) is 1. The number of benzene rings is 2. The lowest BCUT2D eigenvalue weighted by Crippen LogP contribution is -2.12. The average molecular weight is 417 g/mol. The number of methoxy groups -OCH3 is 1. The van der Waals surface area contributed by atoms with Crippen LogP contribution in [0, 0.1) is 0 Å². The number of carbonyl (C=O) groups is 1. The number of phenolic OH excluding ortho intramolecular Hbond substituents is 2. The highest BCUT2D eigenvalue weighted by Gasteiger charge is 2.16. The maximum atomic E-state index is 12.2. The van der Waals surface area contributed by atoms with Crippen molar-refractivity contribution in [1.29, 1.82) is 0 Å². The molecular formula is C14H11Br2NO4. The smallest absolute Gasteiger partial charge is 0.259 e. The fourth-order valence-electron chi connectivity index (χ4n) is 1.69. The molecule has 0 aliphatic rings. The molecule has 2 aromatic rings. The predicted octanol–water partition coefficient (Wildman–Crippen LogP) is 3.88. The second-order valence-corrected chi connectivity index (χ2v) is 5.80. The highest BCUT2D eigenvalue weighted by Crippen LogP contribution is 2.35. The molecule has 0 heterocycles. The number of halogens is 2. The van der Waals surface area contributed by atoms with E-state index in [9.17, 15) is 15.0 Å². The number of hydrogen-bond donors (Lipinski definition) is 3. The van der Waals surface area contributed by atoms with Crippen LogP contribution in [-0.4, -0.2) is 23.2 Å². The third-order valence-electron chi connectivity index (χ3n) is 2.75. The van der Waals surface area contributed by atoms with Gasteiger partial charge in [-0.15, -0.1) is 0 Å². The van der Waals surface area contributed by atoms with Crippen molar-refractivity contribution >= 4 is 43.5 Å². The van der Waals surface area contributed by atoms with Crippen molar-refractivity contribution in [3.05, 3.63) is 44.8 Å². The molecule has 21 heavy (non-hydrogen) atoms. The Kier molecular flexibility index (Phi) is 4.74. The van der Waals surface area contributed by atoms with E-state index in [-0.39, 0.29) is 11.3 Å². The summed E-state index contributed by atoms with van der Waals surface area (Å²) >= 11 is 6.67. The van der Waals surface area contributed by atoms with E-state index < -0.39 is 11.7 Å². The van der Waals surface area contributed by atoms with Crippen molar-refractivity contribution in [2.24, 2.45) is 0 Å². The first kappa shape index (κ1) is 15.7. The number of anilines is 1. The molecule has 110 valence electrons. The van der Waals surface area contributed by atoms with Gasteiger partial charge < -0.3 is 20.3 Å². The molecular weight excluding hydrogens is 406 g/mol. The Hall–Kier alpha value is -1.73. The Bertz CT molecular complexity index is 704. The number of hydrogen-bond acceptors (Lipinski definition) is 4. The van der Waals surface area contributed by atoms with Crippen molar-refractivity contribution in [2.45, 2.75) is 0 Å². The van der Waals surface area contributed by atoms with Gasteiger partial charge in [0.1, 0.15) is 5.75 Å². The fourth-order valence-corrected chi connectivity index (χ4v) is 2.94. The largest absolute Gasteiger partial charge is 0.504 e. The minimum Gasteiger partial charge on any atom is -0.504 e. The molecule has 2 rings (SSSR count). The number of phenols is 2. The zero-order valence-electron chi connectivity index (χ0n) is 10.9. The molecule has 2 aromatic carbocycles. The van der Waals surface area contributed by atoms with E-state index in [2.05, 4.69) is 37.2 Å². The van der Waals surface area contributed by atoms with E-state index in [1.54, 1.807) is 12.1 Å².